The zero-order valence-corrected chi connectivity index (χ0v) is 7.23. The fourth-order valence-corrected chi connectivity index (χ4v) is 2.19. The minimum atomic E-state index is 0.696. The topological polar surface area (TPSA) is 24.9 Å². The first-order valence-electron chi connectivity index (χ1n) is 4.07. The van der Waals surface area contributed by atoms with Gasteiger partial charge in [0.1, 0.15) is 0 Å². The average Bonchev–Trinajstić information content (AvgIpc) is 2.60. The maximum Gasteiger partial charge on any atom is 0.0940 e. The van der Waals surface area contributed by atoms with Crippen LogP contribution in [0.25, 0.3) is 0 Å². The molecule has 2 heterocycles. The van der Waals surface area contributed by atoms with Crippen molar-refractivity contribution < 1.29 is 0 Å². The van der Waals surface area contributed by atoms with E-state index in [1.165, 1.54) is 24.4 Å². The van der Waals surface area contributed by atoms with E-state index in [-0.39, 0.29) is 0 Å². The molecule has 1 aromatic heterocycles. The Kier molecular flexibility index (Phi) is 2.19. The Morgan fingerprint density at radius 3 is 3.36 bits per heavy atom. The lowest BCUT2D eigenvalue weighted by Crippen LogP contribution is -2.23. The lowest BCUT2D eigenvalue weighted by Gasteiger charge is -2.05. The maximum absolute atomic E-state index is 4.26. The van der Waals surface area contributed by atoms with Gasteiger partial charge >= 0.3 is 0 Å². The molecule has 1 N–H and O–H groups in total. The van der Waals surface area contributed by atoms with Crippen molar-refractivity contribution in [3.05, 3.63) is 16.6 Å². The van der Waals surface area contributed by atoms with E-state index in [9.17, 15) is 0 Å². The molecular formula is C8H12N2S. The van der Waals surface area contributed by atoms with E-state index >= 15 is 0 Å². The quantitative estimate of drug-likeness (QED) is 0.722. The Labute approximate surface area is 70.7 Å². The summed E-state index contributed by atoms with van der Waals surface area (Å²) in [7, 11) is 0. The Morgan fingerprint density at radius 1 is 1.73 bits per heavy atom. The summed E-state index contributed by atoms with van der Waals surface area (Å²) in [5.74, 6) is 0. The third kappa shape index (κ3) is 1.79. The molecule has 0 radical (unpaired) electrons. The number of nitrogens with zero attached hydrogens (tertiary/aromatic N) is 1. The smallest absolute Gasteiger partial charge is 0.0940 e. The Hall–Kier alpha value is -0.410. The number of rotatable bonds is 2. The molecular weight excluding hydrogens is 156 g/mol. The lowest BCUT2D eigenvalue weighted by atomic mass is 10.2. The Morgan fingerprint density at radius 2 is 2.73 bits per heavy atom. The summed E-state index contributed by atoms with van der Waals surface area (Å²) >= 11 is 1.76. The molecule has 0 spiro atoms. The SMILES string of the molecule is c1csc(CC2CCCN2)n1. The molecule has 0 aliphatic carbocycles. The van der Waals surface area contributed by atoms with Crippen LogP contribution in [0, 0.1) is 0 Å². The fraction of sp³-hybridized carbons (Fsp3) is 0.625. The van der Waals surface area contributed by atoms with Gasteiger partial charge in [-0.2, -0.15) is 0 Å². The first-order chi connectivity index (χ1) is 5.45. The van der Waals surface area contributed by atoms with Crippen LogP contribution in [0.2, 0.25) is 0 Å². The largest absolute Gasteiger partial charge is 0.314 e. The first-order valence-corrected chi connectivity index (χ1v) is 4.95. The Balaban J connectivity index is 1.90. The van der Waals surface area contributed by atoms with Crippen LogP contribution >= 0.6 is 11.3 Å². The van der Waals surface area contributed by atoms with Gasteiger partial charge in [-0.3, -0.25) is 0 Å². The molecule has 11 heavy (non-hydrogen) atoms. The number of nitrogens with one attached hydrogen (secondary N) is 1. The molecule has 1 unspecified atom stereocenters. The van der Waals surface area contributed by atoms with Crippen molar-refractivity contribution in [2.75, 3.05) is 6.54 Å². The van der Waals surface area contributed by atoms with E-state index in [2.05, 4.69) is 10.3 Å². The maximum atomic E-state index is 4.26. The van der Waals surface area contributed by atoms with Crippen LogP contribution in [-0.2, 0) is 6.42 Å². The van der Waals surface area contributed by atoms with Crippen LogP contribution in [0.3, 0.4) is 0 Å². The standard InChI is InChI=1S/C8H12N2S/c1-2-7(9-3-1)6-8-10-4-5-11-8/h4-5,7,9H,1-3,6H2. The molecule has 0 amide bonds. The molecule has 1 saturated heterocycles. The van der Waals surface area contributed by atoms with Gasteiger partial charge in [0.2, 0.25) is 0 Å². The third-order valence-electron chi connectivity index (χ3n) is 2.07. The molecule has 1 fully saturated rings. The minimum absolute atomic E-state index is 0.696. The van der Waals surface area contributed by atoms with Gasteiger partial charge in [0.15, 0.2) is 0 Å². The first kappa shape index (κ1) is 7.25. The second kappa shape index (κ2) is 3.32. The number of thiazole rings is 1. The van der Waals surface area contributed by atoms with Gasteiger partial charge in [-0.05, 0) is 19.4 Å². The van der Waals surface area contributed by atoms with Gasteiger partial charge in [0.05, 0.1) is 5.01 Å². The molecule has 1 atom stereocenters. The number of hydrogen-bond acceptors (Lipinski definition) is 3. The summed E-state index contributed by atoms with van der Waals surface area (Å²) in [5, 5.41) is 6.78. The van der Waals surface area contributed by atoms with Crippen LogP contribution in [0.15, 0.2) is 11.6 Å². The van der Waals surface area contributed by atoms with Gasteiger partial charge in [-0.25, -0.2) is 4.98 Å². The van der Waals surface area contributed by atoms with Crippen LogP contribution in [0.5, 0.6) is 0 Å². The third-order valence-corrected chi connectivity index (χ3v) is 2.87. The summed E-state index contributed by atoms with van der Waals surface area (Å²) in [6, 6.07) is 0.696. The van der Waals surface area contributed by atoms with Crippen LogP contribution in [-0.4, -0.2) is 17.6 Å². The van der Waals surface area contributed by atoms with E-state index < -0.39 is 0 Å². The van der Waals surface area contributed by atoms with Crippen molar-refractivity contribution in [3.63, 3.8) is 0 Å². The van der Waals surface area contributed by atoms with Gasteiger partial charge in [0, 0.05) is 24.0 Å². The molecule has 1 aliphatic rings. The van der Waals surface area contributed by atoms with Crippen molar-refractivity contribution in [3.8, 4) is 0 Å². The van der Waals surface area contributed by atoms with E-state index in [0.29, 0.717) is 6.04 Å². The summed E-state index contributed by atoms with van der Waals surface area (Å²) in [6.45, 7) is 1.19. The predicted molar refractivity (Wildman–Crippen MR) is 46.8 cm³/mol. The summed E-state index contributed by atoms with van der Waals surface area (Å²) in [5.41, 5.74) is 0. The second-order valence-corrected chi connectivity index (χ2v) is 3.90. The van der Waals surface area contributed by atoms with Gasteiger partial charge in [-0.1, -0.05) is 0 Å². The van der Waals surface area contributed by atoms with E-state index in [1.807, 2.05) is 11.6 Å². The highest BCUT2D eigenvalue weighted by Gasteiger charge is 2.14. The molecule has 60 valence electrons. The normalized spacial score (nSPS) is 24.2. The zero-order valence-electron chi connectivity index (χ0n) is 6.42. The molecule has 2 rings (SSSR count). The molecule has 0 saturated carbocycles. The van der Waals surface area contributed by atoms with Crippen molar-refractivity contribution in [1.82, 2.24) is 10.3 Å². The van der Waals surface area contributed by atoms with Crippen molar-refractivity contribution in [2.24, 2.45) is 0 Å². The number of hydrogen-bond donors (Lipinski definition) is 1. The van der Waals surface area contributed by atoms with Crippen molar-refractivity contribution >= 4 is 11.3 Å². The molecule has 3 heteroatoms. The minimum Gasteiger partial charge on any atom is -0.314 e. The van der Waals surface area contributed by atoms with Crippen molar-refractivity contribution in [2.45, 2.75) is 25.3 Å². The van der Waals surface area contributed by atoms with Crippen LogP contribution in [0.1, 0.15) is 17.8 Å². The van der Waals surface area contributed by atoms with Gasteiger partial charge in [0.25, 0.3) is 0 Å². The Bertz CT molecular complexity index is 202. The van der Waals surface area contributed by atoms with Crippen molar-refractivity contribution in [1.29, 1.82) is 0 Å². The molecule has 1 aliphatic heterocycles. The number of aromatic nitrogens is 1. The monoisotopic (exact) mass is 168 g/mol. The second-order valence-electron chi connectivity index (χ2n) is 2.92. The fourth-order valence-electron chi connectivity index (χ4n) is 1.50. The van der Waals surface area contributed by atoms with Gasteiger partial charge in [-0.15, -0.1) is 11.3 Å². The highest BCUT2D eigenvalue weighted by molar-refractivity contribution is 7.09. The molecule has 0 aromatic carbocycles. The van der Waals surface area contributed by atoms with E-state index in [0.717, 1.165) is 6.42 Å². The molecule has 1 aromatic rings. The van der Waals surface area contributed by atoms with E-state index in [1.54, 1.807) is 11.3 Å². The predicted octanol–water partition coefficient (Wildman–Crippen LogP) is 1.44. The summed E-state index contributed by atoms with van der Waals surface area (Å²) in [6.07, 6.45) is 5.65. The van der Waals surface area contributed by atoms with Gasteiger partial charge < -0.3 is 5.32 Å². The highest BCUT2D eigenvalue weighted by atomic mass is 32.1. The van der Waals surface area contributed by atoms with E-state index in [4.69, 9.17) is 0 Å². The lowest BCUT2D eigenvalue weighted by molar-refractivity contribution is 0.601. The zero-order chi connectivity index (χ0) is 7.52. The summed E-state index contributed by atoms with van der Waals surface area (Å²) < 4.78 is 0. The summed E-state index contributed by atoms with van der Waals surface area (Å²) in [4.78, 5) is 4.26. The molecule has 2 nitrogen and oxygen atoms in total. The van der Waals surface area contributed by atoms with Crippen LogP contribution < -0.4 is 5.32 Å². The average molecular weight is 168 g/mol. The molecule has 0 bridgehead atoms. The highest BCUT2D eigenvalue weighted by Crippen LogP contribution is 2.13. The van der Waals surface area contributed by atoms with Crippen LogP contribution in [0.4, 0.5) is 0 Å².